The van der Waals surface area contributed by atoms with Gasteiger partial charge in [0.25, 0.3) is 0 Å². The summed E-state index contributed by atoms with van der Waals surface area (Å²) in [5.41, 5.74) is -0.708. The van der Waals surface area contributed by atoms with Gasteiger partial charge in [-0.25, -0.2) is 0 Å². The Morgan fingerprint density at radius 2 is 1.46 bits per heavy atom. The lowest BCUT2D eigenvalue weighted by Gasteiger charge is -2.33. The van der Waals surface area contributed by atoms with Gasteiger partial charge in [-0.15, -0.1) is 0 Å². The third-order valence-corrected chi connectivity index (χ3v) is 6.19. The van der Waals surface area contributed by atoms with Crippen LogP contribution in [0, 0.1) is 0 Å². The number of rotatable bonds is 13. The van der Waals surface area contributed by atoms with Crippen molar-refractivity contribution in [1.82, 2.24) is 4.90 Å². The van der Waals surface area contributed by atoms with Crippen LogP contribution in [0.2, 0.25) is 0 Å². The van der Waals surface area contributed by atoms with Crippen molar-refractivity contribution >= 4 is 11.9 Å². The number of carbonyl (C=O) groups excluding carboxylic acids is 2. The first-order valence-corrected chi connectivity index (χ1v) is 12.4. The van der Waals surface area contributed by atoms with E-state index in [0.717, 1.165) is 18.5 Å². The van der Waals surface area contributed by atoms with E-state index < -0.39 is 23.0 Å². The van der Waals surface area contributed by atoms with Gasteiger partial charge in [0.1, 0.15) is 11.4 Å². The first kappa shape index (κ1) is 30.0. The minimum atomic E-state index is -1.58. The molecule has 0 aliphatic carbocycles. The Morgan fingerprint density at radius 1 is 0.811 bits per heavy atom. The Balaban J connectivity index is 2.19. The summed E-state index contributed by atoms with van der Waals surface area (Å²) < 4.78 is 26.9. The molecular formula is C29H41NO7. The highest BCUT2D eigenvalue weighted by Gasteiger charge is 2.51. The Labute approximate surface area is 220 Å². The molecule has 2 aromatic carbocycles. The van der Waals surface area contributed by atoms with Crippen molar-refractivity contribution in [3.8, 4) is 17.2 Å². The zero-order valence-corrected chi connectivity index (χ0v) is 23.4. The summed E-state index contributed by atoms with van der Waals surface area (Å²) in [5.74, 6) is 0.758. The topological polar surface area (TPSA) is 83.5 Å². The molecule has 37 heavy (non-hydrogen) atoms. The SMILES string of the molecule is COC(=O)C(CCCN(C)CCc1ccc(OC)c(OC)c1)(C(=O)OC(C)(C)C)c1ccc(OC)cc1. The molecular weight excluding hydrogens is 474 g/mol. The van der Waals surface area contributed by atoms with Crippen molar-refractivity contribution in [2.24, 2.45) is 0 Å². The zero-order chi connectivity index (χ0) is 27.6. The van der Waals surface area contributed by atoms with E-state index in [9.17, 15) is 9.59 Å². The van der Waals surface area contributed by atoms with Gasteiger partial charge in [0.2, 0.25) is 0 Å². The first-order valence-electron chi connectivity index (χ1n) is 12.4. The Morgan fingerprint density at radius 3 is 2.00 bits per heavy atom. The van der Waals surface area contributed by atoms with Crippen LogP contribution in [0.1, 0.15) is 44.7 Å². The Kier molecular flexibility index (Phi) is 10.8. The lowest BCUT2D eigenvalue weighted by atomic mass is 9.76. The van der Waals surface area contributed by atoms with Gasteiger partial charge in [-0.05, 0) is 89.0 Å². The standard InChI is InChI=1S/C29H41NO7/c1-28(2,3)37-27(32)29(26(31)36-8,22-11-13-23(33-5)14-12-22)17-9-18-30(4)19-16-21-10-15-24(34-6)25(20-21)35-7/h10-15,20H,9,16-19H2,1-8H3. The number of hydrogen-bond acceptors (Lipinski definition) is 8. The summed E-state index contributed by atoms with van der Waals surface area (Å²) in [7, 11) is 8.10. The average molecular weight is 516 g/mol. The molecule has 0 fully saturated rings. The molecule has 0 heterocycles. The molecule has 0 bridgehead atoms. The van der Waals surface area contributed by atoms with Crippen LogP contribution in [0.5, 0.6) is 17.2 Å². The van der Waals surface area contributed by atoms with Gasteiger partial charge in [0, 0.05) is 6.54 Å². The smallest absolute Gasteiger partial charge is 0.328 e. The van der Waals surface area contributed by atoms with Crippen molar-refractivity contribution in [2.45, 2.75) is 51.0 Å². The van der Waals surface area contributed by atoms with Crippen LogP contribution in [-0.2, 0) is 30.9 Å². The summed E-state index contributed by atoms with van der Waals surface area (Å²) in [6, 6.07) is 12.8. The number of likely N-dealkylation sites (N-methyl/N-ethyl adjacent to an activating group) is 1. The van der Waals surface area contributed by atoms with Crippen LogP contribution in [-0.4, -0.2) is 71.0 Å². The minimum absolute atomic E-state index is 0.238. The van der Waals surface area contributed by atoms with E-state index in [0.29, 0.717) is 35.8 Å². The largest absolute Gasteiger partial charge is 0.497 e. The molecule has 0 radical (unpaired) electrons. The van der Waals surface area contributed by atoms with Gasteiger partial charge in [-0.2, -0.15) is 0 Å². The molecule has 0 amide bonds. The lowest BCUT2D eigenvalue weighted by Crippen LogP contribution is -2.48. The third kappa shape index (κ3) is 7.86. The minimum Gasteiger partial charge on any atom is -0.497 e. The Bertz CT molecular complexity index is 1030. The molecule has 0 aliphatic heterocycles. The number of benzene rings is 2. The fourth-order valence-corrected chi connectivity index (χ4v) is 4.16. The number of ether oxygens (including phenoxy) is 5. The molecule has 2 aromatic rings. The van der Waals surface area contributed by atoms with Crippen LogP contribution >= 0.6 is 0 Å². The summed E-state index contributed by atoms with van der Waals surface area (Å²) >= 11 is 0. The first-order chi connectivity index (χ1) is 17.5. The van der Waals surface area contributed by atoms with Gasteiger partial charge in [-0.1, -0.05) is 18.2 Å². The maximum Gasteiger partial charge on any atom is 0.328 e. The highest BCUT2D eigenvalue weighted by Crippen LogP contribution is 2.35. The fraction of sp³-hybridized carbons (Fsp3) is 0.517. The van der Waals surface area contributed by atoms with Crippen molar-refractivity contribution in [3.05, 3.63) is 53.6 Å². The highest BCUT2D eigenvalue weighted by molar-refractivity contribution is 6.06. The predicted molar refractivity (Wildman–Crippen MR) is 143 cm³/mol. The summed E-state index contributed by atoms with van der Waals surface area (Å²) in [6.45, 7) is 6.80. The van der Waals surface area contributed by atoms with E-state index in [1.807, 2.05) is 25.2 Å². The summed E-state index contributed by atoms with van der Waals surface area (Å²) in [5, 5.41) is 0. The van der Waals surface area contributed by atoms with Gasteiger partial charge < -0.3 is 28.6 Å². The van der Waals surface area contributed by atoms with Crippen molar-refractivity contribution in [3.63, 3.8) is 0 Å². The third-order valence-electron chi connectivity index (χ3n) is 6.19. The predicted octanol–water partition coefficient (Wildman–Crippen LogP) is 4.42. The molecule has 0 aromatic heterocycles. The number of nitrogens with zero attached hydrogens (tertiary/aromatic N) is 1. The van der Waals surface area contributed by atoms with Gasteiger partial charge >= 0.3 is 11.9 Å². The van der Waals surface area contributed by atoms with E-state index in [1.54, 1.807) is 66.4 Å². The molecule has 8 heteroatoms. The maximum absolute atomic E-state index is 13.5. The average Bonchev–Trinajstić information content (AvgIpc) is 2.88. The molecule has 1 unspecified atom stereocenters. The molecule has 8 nitrogen and oxygen atoms in total. The number of esters is 2. The van der Waals surface area contributed by atoms with Crippen LogP contribution in [0.15, 0.2) is 42.5 Å². The second kappa shape index (κ2) is 13.3. The van der Waals surface area contributed by atoms with E-state index in [-0.39, 0.29) is 6.42 Å². The summed E-state index contributed by atoms with van der Waals surface area (Å²) in [6.07, 6.45) is 1.62. The molecule has 0 N–H and O–H groups in total. The monoisotopic (exact) mass is 515 g/mol. The van der Waals surface area contributed by atoms with Crippen LogP contribution in [0.4, 0.5) is 0 Å². The Hall–Kier alpha value is -3.26. The molecule has 0 spiro atoms. The maximum atomic E-state index is 13.5. The van der Waals surface area contributed by atoms with E-state index in [1.165, 1.54) is 7.11 Å². The van der Waals surface area contributed by atoms with Crippen molar-refractivity contribution < 1.29 is 33.3 Å². The summed E-state index contributed by atoms with van der Waals surface area (Å²) in [4.78, 5) is 28.9. The van der Waals surface area contributed by atoms with Crippen LogP contribution in [0.25, 0.3) is 0 Å². The molecule has 1 atom stereocenters. The second-order valence-corrected chi connectivity index (χ2v) is 9.97. The number of carbonyl (C=O) groups is 2. The lowest BCUT2D eigenvalue weighted by molar-refractivity contribution is -0.172. The van der Waals surface area contributed by atoms with E-state index in [4.69, 9.17) is 23.7 Å². The van der Waals surface area contributed by atoms with Gasteiger partial charge in [0.15, 0.2) is 16.9 Å². The van der Waals surface area contributed by atoms with Crippen molar-refractivity contribution in [2.75, 3.05) is 48.6 Å². The van der Waals surface area contributed by atoms with Crippen molar-refractivity contribution in [1.29, 1.82) is 0 Å². The van der Waals surface area contributed by atoms with E-state index >= 15 is 0 Å². The molecule has 0 saturated heterocycles. The molecule has 0 aliphatic rings. The molecule has 204 valence electrons. The fourth-order valence-electron chi connectivity index (χ4n) is 4.16. The van der Waals surface area contributed by atoms with E-state index in [2.05, 4.69) is 4.90 Å². The quantitative estimate of drug-likeness (QED) is 0.286. The van der Waals surface area contributed by atoms with Crippen LogP contribution < -0.4 is 14.2 Å². The zero-order valence-electron chi connectivity index (χ0n) is 23.4. The van der Waals surface area contributed by atoms with Crippen LogP contribution in [0.3, 0.4) is 0 Å². The number of methoxy groups -OCH3 is 4. The normalized spacial score (nSPS) is 13.0. The molecule has 2 rings (SSSR count). The highest BCUT2D eigenvalue weighted by atomic mass is 16.6. The molecule has 0 saturated carbocycles. The van der Waals surface area contributed by atoms with Gasteiger partial charge in [-0.3, -0.25) is 9.59 Å². The second-order valence-electron chi connectivity index (χ2n) is 9.97. The number of hydrogen-bond donors (Lipinski definition) is 0. The van der Waals surface area contributed by atoms with Gasteiger partial charge in [0.05, 0.1) is 28.4 Å².